The second kappa shape index (κ2) is 5.00. The van der Waals surface area contributed by atoms with Gasteiger partial charge in [0.25, 0.3) is 5.91 Å². The van der Waals surface area contributed by atoms with Crippen molar-refractivity contribution in [2.75, 3.05) is 12.3 Å². The van der Waals surface area contributed by atoms with Crippen molar-refractivity contribution in [3.63, 3.8) is 0 Å². The molecule has 3 N–H and O–H groups in total. The average Bonchev–Trinajstić information content (AvgIpc) is 2.63. The van der Waals surface area contributed by atoms with Crippen LogP contribution in [0.1, 0.15) is 16.6 Å². The molecule has 0 fully saturated rings. The first-order chi connectivity index (χ1) is 8.49. The highest BCUT2D eigenvalue weighted by molar-refractivity contribution is 7.21. The quantitative estimate of drug-likeness (QED) is 0.846. The summed E-state index contributed by atoms with van der Waals surface area (Å²) in [6, 6.07) is 5.41. The second-order valence-electron chi connectivity index (χ2n) is 4.13. The summed E-state index contributed by atoms with van der Waals surface area (Å²) in [5.74, 6) is -0.173. The summed E-state index contributed by atoms with van der Waals surface area (Å²) in [4.78, 5) is 12.5. The predicted molar refractivity (Wildman–Crippen MR) is 78.4 cm³/mol. The van der Waals surface area contributed by atoms with E-state index in [1.807, 2.05) is 19.1 Å². The van der Waals surface area contributed by atoms with Crippen LogP contribution in [-0.4, -0.2) is 12.5 Å². The second-order valence-corrected chi connectivity index (χ2v) is 5.61. The molecule has 3 nitrogen and oxygen atoms in total. The fourth-order valence-corrected chi connectivity index (χ4v) is 2.89. The summed E-state index contributed by atoms with van der Waals surface area (Å²) in [6.45, 7) is 6.04. The lowest BCUT2D eigenvalue weighted by molar-refractivity contribution is 0.0962. The fourth-order valence-electron chi connectivity index (χ4n) is 1.57. The molecule has 0 atom stereocenters. The van der Waals surface area contributed by atoms with Crippen LogP contribution in [0.25, 0.3) is 10.1 Å². The number of carbonyl (C=O) groups is 1. The molecule has 1 aromatic carbocycles. The molecule has 0 radical (unpaired) electrons. The van der Waals surface area contributed by atoms with Gasteiger partial charge in [0.2, 0.25) is 0 Å². The zero-order chi connectivity index (χ0) is 13.3. The normalized spacial score (nSPS) is 10.6. The van der Waals surface area contributed by atoms with Gasteiger partial charge in [0.05, 0.1) is 5.69 Å². The van der Waals surface area contributed by atoms with Gasteiger partial charge >= 0.3 is 0 Å². The molecular weight excluding hydrogens is 268 g/mol. The van der Waals surface area contributed by atoms with E-state index < -0.39 is 0 Å². The van der Waals surface area contributed by atoms with Crippen molar-refractivity contribution in [2.24, 2.45) is 0 Å². The maximum atomic E-state index is 12.0. The van der Waals surface area contributed by atoms with Crippen LogP contribution in [-0.2, 0) is 0 Å². The molecule has 0 unspecified atom stereocenters. The first-order valence-corrected chi connectivity index (χ1v) is 6.58. The number of halogens is 1. The van der Waals surface area contributed by atoms with Gasteiger partial charge in [-0.25, -0.2) is 0 Å². The van der Waals surface area contributed by atoms with E-state index in [1.165, 1.54) is 11.3 Å². The molecule has 1 amide bonds. The van der Waals surface area contributed by atoms with Crippen molar-refractivity contribution in [1.82, 2.24) is 5.32 Å². The number of amides is 1. The summed E-state index contributed by atoms with van der Waals surface area (Å²) in [6.07, 6.45) is 0. The van der Waals surface area contributed by atoms with Crippen molar-refractivity contribution in [1.29, 1.82) is 0 Å². The van der Waals surface area contributed by atoms with Crippen LogP contribution in [0.4, 0.5) is 5.69 Å². The van der Waals surface area contributed by atoms with Crippen molar-refractivity contribution in [2.45, 2.75) is 6.92 Å². The highest BCUT2D eigenvalue weighted by Crippen LogP contribution is 2.35. The summed E-state index contributed by atoms with van der Waals surface area (Å²) in [5.41, 5.74) is 7.38. The van der Waals surface area contributed by atoms with Gasteiger partial charge in [0.15, 0.2) is 0 Å². The number of nitrogens with one attached hydrogen (secondary N) is 1. The predicted octanol–water partition coefficient (Wildman–Crippen LogP) is 3.44. The zero-order valence-electron chi connectivity index (χ0n) is 9.92. The number of carbonyl (C=O) groups excluding carboxylic acids is 1. The summed E-state index contributed by atoms with van der Waals surface area (Å²) < 4.78 is 0.917. The number of benzene rings is 1. The lowest BCUT2D eigenvalue weighted by Gasteiger charge is -2.03. The van der Waals surface area contributed by atoms with Crippen LogP contribution in [0.2, 0.25) is 5.02 Å². The molecule has 1 heterocycles. The molecule has 0 saturated carbocycles. The van der Waals surface area contributed by atoms with E-state index in [0.29, 0.717) is 22.1 Å². The van der Waals surface area contributed by atoms with E-state index in [-0.39, 0.29) is 5.91 Å². The maximum Gasteiger partial charge on any atom is 0.263 e. The monoisotopic (exact) mass is 280 g/mol. The van der Waals surface area contributed by atoms with Crippen LogP contribution < -0.4 is 11.1 Å². The molecular formula is C13H13ClN2OS. The summed E-state index contributed by atoms with van der Waals surface area (Å²) in [5, 5.41) is 4.28. The number of anilines is 1. The van der Waals surface area contributed by atoms with E-state index in [0.717, 1.165) is 15.7 Å². The van der Waals surface area contributed by atoms with E-state index >= 15 is 0 Å². The minimum absolute atomic E-state index is 0.173. The maximum absolute atomic E-state index is 12.0. The number of nitrogens with two attached hydrogens (primary N) is 1. The van der Waals surface area contributed by atoms with Crippen molar-refractivity contribution in [3.8, 4) is 0 Å². The van der Waals surface area contributed by atoms with E-state index in [9.17, 15) is 4.79 Å². The first-order valence-electron chi connectivity index (χ1n) is 5.39. The van der Waals surface area contributed by atoms with E-state index in [1.54, 1.807) is 6.07 Å². The van der Waals surface area contributed by atoms with Gasteiger partial charge in [-0.05, 0) is 25.1 Å². The van der Waals surface area contributed by atoms with Gasteiger partial charge in [0.1, 0.15) is 4.88 Å². The number of thiophene rings is 1. The third-order valence-electron chi connectivity index (χ3n) is 2.45. The number of rotatable bonds is 3. The Hall–Kier alpha value is -1.52. The van der Waals surface area contributed by atoms with Gasteiger partial charge in [-0.15, -0.1) is 11.3 Å². The lowest BCUT2D eigenvalue weighted by atomic mass is 10.2. The van der Waals surface area contributed by atoms with E-state index in [4.69, 9.17) is 17.3 Å². The number of hydrogen-bond acceptors (Lipinski definition) is 3. The topological polar surface area (TPSA) is 55.1 Å². The Bertz CT molecular complexity index is 633. The molecule has 5 heteroatoms. The molecule has 0 saturated heterocycles. The smallest absolute Gasteiger partial charge is 0.263 e. The Morgan fingerprint density at radius 1 is 1.56 bits per heavy atom. The summed E-state index contributed by atoms with van der Waals surface area (Å²) in [7, 11) is 0. The van der Waals surface area contributed by atoms with Crippen LogP contribution in [0.3, 0.4) is 0 Å². The number of nitrogen functional groups attached to an aromatic ring is 1. The SMILES string of the molecule is C=C(C)CNC(=O)c1sc2cc(Cl)ccc2c1N. The third-order valence-corrected chi connectivity index (χ3v) is 3.85. The summed E-state index contributed by atoms with van der Waals surface area (Å²) >= 11 is 7.26. The van der Waals surface area contributed by atoms with Crippen molar-refractivity contribution >= 4 is 44.6 Å². The van der Waals surface area contributed by atoms with Crippen LogP contribution in [0.5, 0.6) is 0 Å². The number of fused-ring (bicyclic) bond motifs is 1. The van der Waals surface area contributed by atoms with Gasteiger partial charge < -0.3 is 11.1 Å². The zero-order valence-corrected chi connectivity index (χ0v) is 11.5. The Kier molecular flexibility index (Phi) is 3.59. The molecule has 94 valence electrons. The van der Waals surface area contributed by atoms with Gasteiger partial charge in [-0.3, -0.25) is 4.79 Å². The van der Waals surface area contributed by atoms with Crippen LogP contribution in [0, 0.1) is 0 Å². The minimum Gasteiger partial charge on any atom is -0.397 e. The highest BCUT2D eigenvalue weighted by atomic mass is 35.5. The standard InChI is InChI=1S/C13H13ClN2OS/c1-7(2)6-16-13(17)12-11(15)9-4-3-8(14)5-10(9)18-12/h3-5H,1,6,15H2,2H3,(H,16,17). The van der Waals surface area contributed by atoms with Crippen LogP contribution in [0.15, 0.2) is 30.4 Å². The minimum atomic E-state index is -0.173. The first kappa shape index (κ1) is 12.9. The van der Waals surface area contributed by atoms with Gasteiger partial charge in [-0.1, -0.05) is 23.8 Å². The van der Waals surface area contributed by atoms with Crippen molar-refractivity contribution < 1.29 is 4.79 Å². The van der Waals surface area contributed by atoms with Gasteiger partial charge in [-0.2, -0.15) is 0 Å². The van der Waals surface area contributed by atoms with Gasteiger partial charge in [0, 0.05) is 21.7 Å². The number of hydrogen-bond donors (Lipinski definition) is 2. The molecule has 0 bridgehead atoms. The Labute approximate surface area is 114 Å². The molecule has 1 aromatic heterocycles. The fraction of sp³-hybridized carbons (Fsp3) is 0.154. The molecule has 2 rings (SSSR count). The van der Waals surface area contributed by atoms with E-state index in [2.05, 4.69) is 11.9 Å². The Morgan fingerprint density at radius 2 is 2.28 bits per heavy atom. The Balaban J connectivity index is 2.36. The molecule has 0 aliphatic carbocycles. The molecule has 0 aliphatic heterocycles. The van der Waals surface area contributed by atoms with Crippen molar-refractivity contribution in [3.05, 3.63) is 40.3 Å². The molecule has 0 aliphatic rings. The largest absolute Gasteiger partial charge is 0.397 e. The Morgan fingerprint density at radius 3 is 2.94 bits per heavy atom. The highest BCUT2D eigenvalue weighted by Gasteiger charge is 2.16. The molecule has 2 aromatic rings. The molecule has 18 heavy (non-hydrogen) atoms. The third kappa shape index (κ3) is 2.49. The molecule has 0 spiro atoms. The lowest BCUT2D eigenvalue weighted by Crippen LogP contribution is -2.24. The average molecular weight is 281 g/mol. The van der Waals surface area contributed by atoms with Crippen LogP contribution >= 0.6 is 22.9 Å².